The number of aldehydes is 1. The van der Waals surface area contributed by atoms with Gasteiger partial charge in [-0.05, 0) is 0 Å². The van der Waals surface area contributed by atoms with Crippen LogP contribution in [-0.4, -0.2) is 49.2 Å². The molecule has 0 aromatic heterocycles. The molecule has 2 rings (SSSR count). The van der Waals surface area contributed by atoms with Crippen LogP contribution in [0, 0.1) is 0 Å². The Morgan fingerprint density at radius 1 is 1.73 bits per heavy atom. The van der Waals surface area contributed by atoms with Crippen molar-refractivity contribution in [1.82, 2.24) is 10.2 Å². The lowest BCUT2D eigenvalue weighted by molar-refractivity contribution is -0.110. The second-order valence-electron chi connectivity index (χ2n) is 2.85. The zero-order chi connectivity index (χ0) is 7.68. The van der Waals surface area contributed by atoms with Crippen LogP contribution in [0.25, 0.3) is 0 Å². The van der Waals surface area contributed by atoms with Crippen LogP contribution in [0.1, 0.15) is 0 Å². The highest BCUT2D eigenvalue weighted by molar-refractivity contribution is 5.86. The number of hydrogen-bond acceptors (Lipinski definition) is 4. The van der Waals surface area contributed by atoms with Crippen molar-refractivity contribution in [2.75, 3.05) is 19.6 Å². The van der Waals surface area contributed by atoms with Crippen molar-refractivity contribution in [3.8, 4) is 0 Å². The van der Waals surface area contributed by atoms with Gasteiger partial charge in [-0.2, -0.15) is 0 Å². The fraction of sp³-hybridized carbons (Fsp3) is 0.714. The van der Waals surface area contributed by atoms with E-state index in [4.69, 9.17) is 0 Å². The number of nitrogens with zero attached hydrogens (tertiary/aromatic N) is 2. The number of carbonyl (C=O) groups excluding carboxylic acids is 1. The van der Waals surface area contributed by atoms with E-state index in [0.717, 1.165) is 25.9 Å². The first-order valence-electron chi connectivity index (χ1n) is 3.87. The lowest BCUT2D eigenvalue weighted by Crippen LogP contribution is -2.51. The zero-order valence-electron chi connectivity index (χ0n) is 6.23. The minimum Gasteiger partial charge on any atom is -0.312 e. The molecule has 4 heteroatoms. The topological polar surface area (TPSA) is 44.7 Å². The highest BCUT2D eigenvalue weighted by Gasteiger charge is 2.31. The largest absolute Gasteiger partial charge is 0.312 e. The third-order valence-electron chi connectivity index (χ3n) is 2.19. The van der Waals surface area contributed by atoms with Gasteiger partial charge < -0.3 is 10.1 Å². The molecule has 2 aliphatic heterocycles. The highest BCUT2D eigenvalue weighted by atomic mass is 16.1. The smallest absolute Gasteiger partial charge is 0.142 e. The summed E-state index contributed by atoms with van der Waals surface area (Å²) >= 11 is 0. The lowest BCUT2D eigenvalue weighted by atomic mass is 10.2. The Morgan fingerprint density at radius 3 is 3.45 bits per heavy atom. The van der Waals surface area contributed by atoms with Crippen LogP contribution >= 0.6 is 0 Å². The van der Waals surface area contributed by atoms with Gasteiger partial charge in [-0.25, -0.2) is 0 Å². The Morgan fingerprint density at radius 2 is 2.64 bits per heavy atom. The van der Waals surface area contributed by atoms with E-state index in [1.807, 2.05) is 0 Å². The summed E-state index contributed by atoms with van der Waals surface area (Å²) in [5.41, 5.74) is 0. The van der Waals surface area contributed by atoms with Crippen molar-refractivity contribution in [3.63, 3.8) is 0 Å². The third-order valence-corrected chi connectivity index (χ3v) is 2.19. The Labute approximate surface area is 65.3 Å². The molecule has 1 fully saturated rings. The molecular weight excluding hydrogens is 142 g/mol. The fourth-order valence-electron chi connectivity index (χ4n) is 1.58. The van der Waals surface area contributed by atoms with Gasteiger partial charge in [0.15, 0.2) is 0 Å². The molecule has 0 aromatic carbocycles. The SMILES string of the molecule is O=CC1C=NC2CNCCN12. The summed E-state index contributed by atoms with van der Waals surface area (Å²) in [5, 5.41) is 3.23. The molecule has 2 aliphatic rings. The summed E-state index contributed by atoms with van der Waals surface area (Å²) in [6, 6.07) is -0.0675. The molecular formula is C7H11N3O. The van der Waals surface area contributed by atoms with E-state index in [9.17, 15) is 4.79 Å². The van der Waals surface area contributed by atoms with E-state index in [-0.39, 0.29) is 12.2 Å². The Bertz CT molecular complexity index is 192. The Hall–Kier alpha value is -0.740. The highest BCUT2D eigenvalue weighted by Crippen LogP contribution is 2.12. The summed E-state index contributed by atoms with van der Waals surface area (Å²) in [6.45, 7) is 2.76. The zero-order valence-corrected chi connectivity index (χ0v) is 6.23. The predicted molar refractivity (Wildman–Crippen MR) is 41.7 cm³/mol. The molecule has 0 radical (unpaired) electrons. The molecule has 2 atom stereocenters. The Balaban J connectivity index is 2.09. The van der Waals surface area contributed by atoms with Crippen LogP contribution in [0.4, 0.5) is 0 Å². The van der Waals surface area contributed by atoms with E-state index < -0.39 is 0 Å². The number of fused-ring (bicyclic) bond motifs is 1. The van der Waals surface area contributed by atoms with E-state index in [0.29, 0.717) is 0 Å². The number of rotatable bonds is 1. The monoisotopic (exact) mass is 153 g/mol. The van der Waals surface area contributed by atoms with Gasteiger partial charge in [0.25, 0.3) is 0 Å². The van der Waals surface area contributed by atoms with Crippen LogP contribution in [0.2, 0.25) is 0 Å². The molecule has 0 aliphatic carbocycles. The van der Waals surface area contributed by atoms with Crippen molar-refractivity contribution >= 4 is 12.5 Å². The van der Waals surface area contributed by atoms with Crippen molar-refractivity contribution < 1.29 is 4.79 Å². The standard InChI is InChI=1S/C7H11N3O/c11-5-6-3-9-7-4-8-1-2-10(6)7/h3,5-8H,1-2,4H2. The maximum atomic E-state index is 10.5. The molecule has 0 saturated carbocycles. The predicted octanol–water partition coefficient (Wildman–Crippen LogP) is -1.13. The number of aliphatic imine (C=N–C) groups is 1. The van der Waals surface area contributed by atoms with E-state index >= 15 is 0 Å². The number of carbonyl (C=O) groups is 1. The average Bonchev–Trinajstić information content (AvgIpc) is 2.47. The van der Waals surface area contributed by atoms with Crippen molar-refractivity contribution in [2.45, 2.75) is 12.2 Å². The summed E-state index contributed by atoms with van der Waals surface area (Å²) < 4.78 is 0. The normalized spacial score (nSPS) is 37.1. The van der Waals surface area contributed by atoms with Crippen molar-refractivity contribution in [2.24, 2.45) is 4.99 Å². The molecule has 0 aromatic rings. The van der Waals surface area contributed by atoms with Crippen LogP contribution in [0.15, 0.2) is 4.99 Å². The van der Waals surface area contributed by atoms with Gasteiger partial charge in [-0.15, -0.1) is 0 Å². The first kappa shape index (κ1) is 6.94. The van der Waals surface area contributed by atoms with Gasteiger partial charge in [-0.1, -0.05) is 0 Å². The van der Waals surface area contributed by atoms with Crippen LogP contribution in [-0.2, 0) is 4.79 Å². The van der Waals surface area contributed by atoms with Crippen LogP contribution in [0.5, 0.6) is 0 Å². The van der Waals surface area contributed by atoms with Gasteiger partial charge >= 0.3 is 0 Å². The molecule has 4 nitrogen and oxygen atoms in total. The minimum absolute atomic E-state index is 0.0675. The fourth-order valence-corrected chi connectivity index (χ4v) is 1.58. The number of hydrogen-bond donors (Lipinski definition) is 1. The van der Waals surface area contributed by atoms with Gasteiger partial charge in [0.05, 0.1) is 0 Å². The lowest BCUT2D eigenvalue weighted by Gasteiger charge is -2.30. The molecule has 1 N–H and O–H groups in total. The second kappa shape index (κ2) is 2.71. The first-order valence-corrected chi connectivity index (χ1v) is 3.87. The van der Waals surface area contributed by atoms with Crippen molar-refractivity contribution in [3.05, 3.63) is 0 Å². The third kappa shape index (κ3) is 1.08. The molecule has 2 heterocycles. The van der Waals surface area contributed by atoms with Crippen LogP contribution < -0.4 is 5.32 Å². The summed E-state index contributed by atoms with van der Waals surface area (Å²) in [4.78, 5) is 16.8. The van der Waals surface area contributed by atoms with Gasteiger partial charge in [0, 0.05) is 25.8 Å². The quantitative estimate of drug-likeness (QED) is 0.485. The molecule has 1 saturated heterocycles. The minimum atomic E-state index is -0.0675. The maximum Gasteiger partial charge on any atom is 0.142 e. The molecule has 60 valence electrons. The van der Waals surface area contributed by atoms with Crippen molar-refractivity contribution in [1.29, 1.82) is 0 Å². The van der Waals surface area contributed by atoms with E-state index in [1.54, 1.807) is 6.21 Å². The summed E-state index contributed by atoms with van der Waals surface area (Å²) in [6.07, 6.45) is 2.90. The van der Waals surface area contributed by atoms with E-state index in [2.05, 4.69) is 15.2 Å². The molecule has 0 bridgehead atoms. The second-order valence-corrected chi connectivity index (χ2v) is 2.85. The first-order chi connectivity index (χ1) is 5.42. The van der Waals surface area contributed by atoms with Gasteiger partial charge in [0.1, 0.15) is 18.5 Å². The molecule has 0 spiro atoms. The number of nitrogens with one attached hydrogen (secondary N) is 1. The summed E-state index contributed by atoms with van der Waals surface area (Å²) in [5.74, 6) is 0. The number of piperazine rings is 1. The molecule has 11 heavy (non-hydrogen) atoms. The molecule has 2 unspecified atom stereocenters. The van der Waals surface area contributed by atoms with Crippen LogP contribution in [0.3, 0.4) is 0 Å². The summed E-state index contributed by atoms with van der Waals surface area (Å²) in [7, 11) is 0. The Kier molecular flexibility index (Phi) is 1.71. The maximum absolute atomic E-state index is 10.5. The van der Waals surface area contributed by atoms with Gasteiger partial charge in [-0.3, -0.25) is 9.89 Å². The van der Waals surface area contributed by atoms with E-state index in [1.165, 1.54) is 0 Å². The van der Waals surface area contributed by atoms with Gasteiger partial charge in [0.2, 0.25) is 0 Å². The molecule has 0 amide bonds. The average molecular weight is 153 g/mol.